The largest absolute Gasteiger partial charge is 0.741 e. The van der Waals surface area contributed by atoms with E-state index in [2.05, 4.69) is 152 Å². The Morgan fingerprint density at radius 3 is 0.917 bits per heavy atom. The first-order chi connectivity index (χ1) is 22.6. The molecule has 5 aromatic rings. The van der Waals surface area contributed by atoms with Gasteiger partial charge >= 0.3 is 5.51 Å². The maximum Gasteiger partial charge on any atom is 0.485 e. The Balaban J connectivity index is 0.000000345. The van der Waals surface area contributed by atoms with Crippen molar-refractivity contribution in [3.63, 3.8) is 0 Å². The molecule has 0 bridgehead atoms. The summed E-state index contributed by atoms with van der Waals surface area (Å²) in [6, 6.07) is 53.6. The van der Waals surface area contributed by atoms with Gasteiger partial charge in [-0.15, -0.1) is 4.91 Å². The van der Waals surface area contributed by atoms with Gasteiger partial charge in [-0.1, -0.05) is 127 Å². The molecule has 1 saturated carbocycles. The first-order valence-electron chi connectivity index (χ1n) is 13.9. The molecule has 0 saturated heterocycles. The van der Waals surface area contributed by atoms with Crippen molar-refractivity contribution < 1.29 is 46.6 Å². The van der Waals surface area contributed by atoms with Gasteiger partial charge in [-0.25, -0.2) is 8.42 Å². The zero-order valence-corrected chi connectivity index (χ0v) is 30.9. The van der Waals surface area contributed by atoms with Crippen LogP contribution in [-0.4, -0.2) is 18.5 Å². The summed E-state index contributed by atoms with van der Waals surface area (Å²) >= 11 is 0. The zero-order valence-electron chi connectivity index (χ0n) is 25.3. The van der Waals surface area contributed by atoms with Crippen LogP contribution in [0.25, 0.3) is 0 Å². The molecule has 0 atom stereocenters. The molecule has 0 amide bonds. The number of alkyl halides is 3. The summed E-state index contributed by atoms with van der Waals surface area (Å²) < 4.78 is 58.9. The van der Waals surface area contributed by atoms with Gasteiger partial charge in [-0.3, -0.25) is 0 Å². The molecule has 0 spiro atoms. The van der Waals surface area contributed by atoms with Crippen LogP contribution in [0.1, 0.15) is 0 Å². The van der Waals surface area contributed by atoms with Gasteiger partial charge in [-0.2, -0.15) is 13.2 Å². The minimum atomic E-state index is -6.09. The van der Waals surface area contributed by atoms with Crippen molar-refractivity contribution in [1.82, 2.24) is 5.59 Å². The predicted molar refractivity (Wildman–Crippen MR) is 190 cm³/mol. The molecule has 249 valence electrons. The van der Waals surface area contributed by atoms with Crippen LogP contribution in [0, 0.1) is 37.0 Å². The molecular weight excluding hydrogens is 848 g/mol. The van der Waals surface area contributed by atoms with E-state index in [-0.39, 0.29) is 29.0 Å². The van der Waals surface area contributed by atoms with Crippen molar-refractivity contribution in [3.05, 3.63) is 189 Å². The topological polar surface area (TPSA) is 96.6 Å². The molecule has 1 aliphatic carbocycles. The van der Waals surface area contributed by atoms with Gasteiger partial charge in [0.1, 0.15) is 5.59 Å². The van der Waals surface area contributed by atoms with Crippen LogP contribution in [0.15, 0.2) is 152 Å². The molecule has 0 aromatic heterocycles. The van der Waals surface area contributed by atoms with Crippen molar-refractivity contribution >= 4 is 53.1 Å². The maximum atomic E-state index is 10.7. The second-order valence-corrected chi connectivity index (χ2v) is 14.4. The van der Waals surface area contributed by atoms with Crippen molar-refractivity contribution in [3.8, 4) is 0 Å². The number of halogens is 3. The second kappa shape index (κ2) is 24.1. The van der Waals surface area contributed by atoms with Gasteiger partial charge in [-0.05, 0) is 80.2 Å². The molecule has 1 aliphatic rings. The third-order valence-electron chi connectivity index (χ3n) is 5.81. The van der Waals surface area contributed by atoms with E-state index in [0.717, 1.165) is 0 Å². The first kappa shape index (κ1) is 42.9. The number of hydrogen-bond donors (Lipinski definition) is 0. The van der Waals surface area contributed by atoms with Crippen LogP contribution in [0.5, 0.6) is 0 Å². The Morgan fingerprint density at radius 2 is 0.708 bits per heavy atom. The van der Waals surface area contributed by atoms with Crippen LogP contribution < -0.4 is 32.1 Å². The van der Waals surface area contributed by atoms with Crippen molar-refractivity contribution in [2.45, 2.75) is 5.51 Å². The standard InChI is InChI=1S/C18H15P.C12H11P.C5H5.CHF3O3S.NO.Re/c1-4-10-16(11-5-1)19(17-12-6-2-7-13-17)18-14-8-3-9-15-18;1-3-7-11(8-4-1)13-12-9-5-2-6-10-12;1-2-4-5-3-1;2-1(3,4)8(5,6)7;1-2;/h1-15H;1-10,13H;1-5H;(H,5,6,7);;. The fraction of sp³-hybridized carbons (Fsp3) is 0.0278. The van der Waals surface area contributed by atoms with Crippen LogP contribution in [0.3, 0.4) is 0 Å². The fourth-order valence-corrected chi connectivity index (χ4v) is 7.31. The van der Waals surface area contributed by atoms with Gasteiger partial charge in [0.05, 0.1) is 19.2 Å². The molecular formula is C36H32F3NO4P2ReS. The monoisotopic (exact) mass is 880 g/mol. The van der Waals surface area contributed by atoms with E-state index < -0.39 is 23.5 Å². The minimum absolute atomic E-state index is 0. The summed E-state index contributed by atoms with van der Waals surface area (Å²) in [5.74, 6) is 0. The Morgan fingerprint density at radius 1 is 0.500 bits per heavy atom. The summed E-state index contributed by atoms with van der Waals surface area (Å²) in [6.07, 6.45) is 10.0. The molecule has 48 heavy (non-hydrogen) atoms. The summed E-state index contributed by atoms with van der Waals surface area (Å²) in [7, 11) is -6.26. The van der Waals surface area contributed by atoms with E-state index in [9.17, 15) is 13.2 Å². The number of hydrogen-bond acceptors (Lipinski definition) is 4. The third-order valence-corrected chi connectivity index (χ3v) is 10.3. The van der Waals surface area contributed by atoms with Gasteiger partial charge in [0, 0.05) is 20.4 Å². The van der Waals surface area contributed by atoms with E-state index in [4.69, 9.17) is 23.5 Å². The zero-order chi connectivity index (χ0) is 34.4. The molecule has 5 nitrogen and oxygen atoms in total. The number of rotatable bonds is 5. The smallest absolute Gasteiger partial charge is 0.485 e. The molecule has 6 rings (SSSR count). The Bertz CT molecular complexity index is 1480. The van der Waals surface area contributed by atoms with Gasteiger partial charge in [0.2, 0.25) is 0 Å². The van der Waals surface area contributed by atoms with E-state index in [1.807, 2.05) is 32.1 Å². The summed E-state index contributed by atoms with van der Waals surface area (Å²) in [5.41, 5.74) is 0.104. The van der Waals surface area contributed by atoms with Crippen molar-refractivity contribution in [1.29, 1.82) is 0 Å². The maximum absolute atomic E-state index is 10.7. The van der Waals surface area contributed by atoms with E-state index >= 15 is 0 Å². The molecule has 0 unspecified atom stereocenters. The Labute approximate surface area is 298 Å². The van der Waals surface area contributed by atoms with E-state index in [0.29, 0.717) is 0 Å². The molecule has 0 N–H and O–H groups in total. The normalized spacial score (nSPS) is 11.8. The molecule has 1 fully saturated rings. The predicted octanol–water partition coefficient (Wildman–Crippen LogP) is 6.12. The van der Waals surface area contributed by atoms with E-state index in [1.54, 1.807) is 0 Å². The molecule has 12 heteroatoms. The summed E-state index contributed by atoms with van der Waals surface area (Å²) in [5, 5.41) is 7.10. The summed E-state index contributed by atoms with van der Waals surface area (Å²) in [6.45, 7) is 0. The Hall–Kier alpha value is -3.08. The van der Waals surface area contributed by atoms with Gasteiger partial charge in [0.25, 0.3) is 0 Å². The number of nitroso groups, excluding NO2 is 1. The average Bonchev–Trinajstić information content (AvgIpc) is 3.69. The number of benzene rings is 5. The van der Waals surface area contributed by atoms with Crippen molar-refractivity contribution in [2.24, 2.45) is 0 Å². The van der Waals surface area contributed by atoms with Crippen LogP contribution in [0.4, 0.5) is 13.2 Å². The van der Waals surface area contributed by atoms with Crippen LogP contribution in [0.2, 0.25) is 0 Å². The summed E-state index contributed by atoms with van der Waals surface area (Å²) in [4.78, 5) is 7.25. The average molecular weight is 880 g/mol. The third kappa shape index (κ3) is 16.8. The minimum Gasteiger partial charge on any atom is -0.741 e. The van der Waals surface area contributed by atoms with Gasteiger partial charge in [0.15, 0.2) is 10.1 Å². The number of nitrogens with zero attached hydrogens (tertiary/aromatic N) is 1. The fourth-order valence-electron chi connectivity index (χ4n) is 3.79. The quantitative estimate of drug-likeness (QED) is 0.121. The molecule has 5 aromatic carbocycles. The SMILES string of the molecule is O=S(=O)([O-])C(F)(F)F.[CH]1[CH][CH][CH][CH]1.[N]=O.[Re].c1ccc(P(c2ccccc2)c2ccccc2)cc1.c1ccc([PH2+]c2ccccc2)cc1. The van der Waals surface area contributed by atoms with Crippen LogP contribution in [-0.2, 0) is 30.5 Å². The second-order valence-electron chi connectivity index (χ2n) is 9.17. The molecule has 0 aliphatic heterocycles. The van der Waals surface area contributed by atoms with E-state index in [1.165, 1.54) is 26.5 Å². The molecule has 7 radical (unpaired) electrons. The van der Waals surface area contributed by atoms with Crippen molar-refractivity contribution in [2.75, 3.05) is 0 Å². The first-order valence-corrected chi connectivity index (χ1v) is 17.8. The van der Waals surface area contributed by atoms with Crippen LogP contribution >= 0.6 is 16.5 Å². The molecule has 0 heterocycles. The van der Waals surface area contributed by atoms with Gasteiger partial charge < -0.3 is 4.55 Å². The Kier molecular flexibility index (Phi) is 21.6.